The van der Waals surface area contributed by atoms with Crippen molar-refractivity contribution in [2.45, 2.75) is 38.2 Å². The van der Waals surface area contributed by atoms with Gasteiger partial charge in [0.15, 0.2) is 0 Å². The minimum Gasteiger partial charge on any atom is -0.363 e. The lowest BCUT2D eigenvalue weighted by atomic mass is 9.98. The normalized spacial score (nSPS) is 31.5. The van der Waals surface area contributed by atoms with Gasteiger partial charge in [0.2, 0.25) is 0 Å². The van der Waals surface area contributed by atoms with Crippen LogP contribution in [0.4, 0.5) is 0 Å². The number of hydrogen-bond acceptors (Lipinski definition) is 1. The average molecular weight is 177 g/mol. The Kier molecular flexibility index (Phi) is 1.40. The molecule has 2 nitrogen and oxygen atoms in total. The standard InChI is InChI=1S/C11H15NO/c1-11(7-13-11)10-6-8-4-2-3-5-9(8)12-10/h6,12H,2-5,7H2,1H3. The molecule has 0 saturated carbocycles. The summed E-state index contributed by atoms with van der Waals surface area (Å²) in [5.74, 6) is 0. The molecule has 1 aliphatic heterocycles. The number of hydrogen-bond donors (Lipinski definition) is 1. The van der Waals surface area contributed by atoms with E-state index in [1.807, 2.05) is 0 Å². The molecule has 0 amide bonds. The molecular weight excluding hydrogens is 162 g/mol. The first-order valence-corrected chi connectivity index (χ1v) is 5.13. The summed E-state index contributed by atoms with van der Waals surface area (Å²) in [6, 6.07) is 2.31. The lowest BCUT2D eigenvalue weighted by Crippen LogP contribution is -2.02. The number of aryl methyl sites for hydroxylation is 2. The number of ether oxygens (including phenoxy) is 1. The highest BCUT2D eigenvalue weighted by Crippen LogP contribution is 2.39. The van der Waals surface area contributed by atoms with Crippen molar-refractivity contribution in [3.05, 3.63) is 23.0 Å². The van der Waals surface area contributed by atoms with Gasteiger partial charge < -0.3 is 9.72 Å². The average Bonchev–Trinajstić information content (AvgIpc) is 2.76. The molecule has 1 aromatic rings. The summed E-state index contributed by atoms with van der Waals surface area (Å²) < 4.78 is 5.43. The SMILES string of the molecule is CC1(c2cc3c([nH]2)CCCC3)CO1. The summed E-state index contributed by atoms with van der Waals surface area (Å²) in [5.41, 5.74) is 4.30. The number of fused-ring (bicyclic) bond motifs is 1. The topological polar surface area (TPSA) is 28.3 Å². The van der Waals surface area contributed by atoms with E-state index in [4.69, 9.17) is 4.74 Å². The van der Waals surface area contributed by atoms with Gasteiger partial charge >= 0.3 is 0 Å². The highest BCUT2D eigenvalue weighted by Gasteiger charge is 2.43. The zero-order chi connectivity index (χ0) is 8.89. The number of rotatable bonds is 1. The molecular formula is C11H15NO. The first kappa shape index (κ1) is 7.63. The van der Waals surface area contributed by atoms with Gasteiger partial charge in [-0.05, 0) is 44.2 Å². The molecule has 1 aliphatic carbocycles. The lowest BCUT2D eigenvalue weighted by molar-refractivity contribution is 0.324. The Balaban J connectivity index is 2.00. The van der Waals surface area contributed by atoms with Crippen molar-refractivity contribution in [1.82, 2.24) is 4.98 Å². The molecule has 0 radical (unpaired) electrons. The van der Waals surface area contributed by atoms with Crippen LogP contribution in [0.5, 0.6) is 0 Å². The van der Waals surface area contributed by atoms with Crippen LogP contribution in [0.25, 0.3) is 0 Å². The number of H-pyrrole nitrogens is 1. The minimum atomic E-state index is 0.0251. The van der Waals surface area contributed by atoms with Crippen molar-refractivity contribution in [1.29, 1.82) is 0 Å². The number of epoxide rings is 1. The quantitative estimate of drug-likeness (QED) is 0.654. The summed E-state index contributed by atoms with van der Waals surface area (Å²) in [4.78, 5) is 3.51. The van der Waals surface area contributed by atoms with E-state index in [0.717, 1.165) is 6.61 Å². The first-order chi connectivity index (χ1) is 6.28. The van der Waals surface area contributed by atoms with E-state index in [-0.39, 0.29) is 5.60 Å². The molecule has 3 rings (SSSR count). The van der Waals surface area contributed by atoms with Gasteiger partial charge in [0.1, 0.15) is 5.60 Å². The highest BCUT2D eigenvalue weighted by atomic mass is 16.6. The molecule has 1 N–H and O–H groups in total. The summed E-state index contributed by atoms with van der Waals surface area (Å²) >= 11 is 0. The van der Waals surface area contributed by atoms with Crippen LogP contribution in [0.3, 0.4) is 0 Å². The van der Waals surface area contributed by atoms with Crippen LogP contribution in [-0.2, 0) is 23.2 Å². The monoisotopic (exact) mass is 177 g/mol. The number of aromatic nitrogens is 1. The van der Waals surface area contributed by atoms with E-state index in [9.17, 15) is 0 Å². The summed E-state index contributed by atoms with van der Waals surface area (Å²) in [6.45, 7) is 3.04. The van der Waals surface area contributed by atoms with Crippen LogP contribution in [0, 0.1) is 0 Å². The highest BCUT2D eigenvalue weighted by molar-refractivity contribution is 5.32. The van der Waals surface area contributed by atoms with E-state index in [2.05, 4.69) is 18.0 Å². The Labute approximate surface area is 78.3 Å². The molecule has 2 heterocycles. The maximum absolute atomic E-state index is 5.43. The van der Waals surface area contributed by atoms with Crippen molar-refractivity contribution in [2.75, 3.05) is 6.61 Å². The van der Waals surface area contributed by atoms with Gasteiger partial charge in [0.25, 0.3) is 0 Å². The van der Waals surface area contributed by atoms with Crippen molar-refractivity contribution in [2.24, 2.45) is 0 Å². The van der Waals surface area contributed by atoms with Crippen LogP contribution in [0.1, 0.15) is 36.7 Å². The van der Waals surface area contributed by atoms with Crippen molar-refractivity contribution in [3.8, 4) is 0 Å². The molecule has 2 aliphatic rings. The molecule has 0 aromatic carbocycles. The van der Waals surface area contributed by atoms with Gasteiger partial charge in [-0.2, -0.15) is 0 Å². The zero-order valence-electron chi connectivity index (χ0n) is 8.02. The number of nitrogens with one attached hydrogen (secondary N) is 1. The second-order valence-corrected chi connectivity index (χ2v) is 4.41. The van der Waals surface area contributed by atoms with Crippen molar-refractivity contribution < 1.29 is 4.74 Å². The Morgan fingerprint density at radius 1 is 1.38 bits per heavy atom. The van der Waals surface area contributed by atoms with Crippen LogP contribution < -0.4 is 0 Å². The van der Waals surface area contributed by atoms with Gasteiger partial charge in [-0.15, -0.1) is 0 Å². The van der Waals surface area contributed by atoms with Gasteiger partial charge in [-0.25, -0.2) is 0 Å². The fourth-order valence-corrected chi connectivity index (χ4v) is 2.15. The maximum Gasteiger partial charge on any atom is 0.128 e. The minimum absolute atomic E-state index is 0.0251. The van der Waals surface area contributed by atoms with Crippen LogP contribution in [0.2, 0.25) is 0 Å². The smallest absolute Gasteiger partial charge is 0.128 e. The van der Waals surface area contributed by atoms with Crippen LogP contribution in [0.15, 0.2) is 6.07 Å². The molecule has 1 unspecified atom stereocenters. The largest absolute Gasteiger partial charge is 0.363 e. The lowest BCUT2D eigenvalue weighted by Gasteiger charge is -2.09. The fourth-order valence-electron chi connectivity index (χ4n) is 2.15. The third-order valence-electron chi connectivity index (χ3n) is 3.26. The molecule has 1 fully saturated rings. The fraction of sp³-hybridized carbons (Fsp3) is 0.636. The Hall–Kier alpha value is -0.760. The van der Waals surface area contributed by atoms with Gasteiger partial charge in [-0.3, -0.25) is 0 Å². The number of aromatic amines is 1. The van der Waals surface area contributed by atoms with Crippen molar-refractivity contribution in [3.63, 3.8) is 0 Å². The molecule has 0 spiro atoms. The molecule has 1 atom stereocenters. The summed E-state index contributed by atoms with van der Waals surface area (Å²) in [7, 11) is 0. The molecule has 70 valence electrons. The molecule has 1 aromatic heterocycles. The van der Waals surface area contributed by atoms with Crippen molar-refractivity contribution >= 4 is 0 Å². The zero-order valence-corrected chi connectivity index (χ0v) is 8.02. The van der Waals surface area contributed by atoms with Crippen LogP contribution >= 0.6 is 0 Å². The van der Waals surface area contributed by atoms with E-state index >= 15 is 0 Å². The predicted molar refractivity (Wildman–Crippen MR) is 50.7 cm³/mol. The summed E-state index contributed by atoms with van der Waals surface area (Å²) in [6.07, 6.45) is 5.17. The molecule has 0 bridgehead atoms. The van der Waals surface area contributed by atoms with Crippen LogP contribution in [-0.4, -0.2) is 11.6 Å². The Morgan fingerprint density at radius 2 is 2.15 bits per heavy atom. The van der Waals surface area contributed by atoms with Gasteiger partial charge in [0, 0.05) is 11.4 Å². The molecule has 13 heavy (non-hydrogen) atoms. The Bertz CT molecular complexity index is 312. The second-order valence-electron chi connectivity index (χ2n) is 4.41. The predicted octanol–water partition coefficient (Wildman–Crippen LogP) is 2.14. The van der Waals surface area contributed by atoms with Gasteiger partial charge in [0.05, 0.1) is 6.61 Å². The molecule has 2 heteroatoms. The third-order valence-corrected chi connectivity index (χ3v) is 3.26. The van der Waals surface area contributed by atoms with Gasteiger partial charge in [-0.1, -0.05) is 0 Å². The van der Waals surface area contributed by atoms with E-state index in [0.29, 0.717) is 0 Å². The third kappa shape index (κ3) is 1.12. The summed E-state index contributed by atoms with van der Waals surface area (Å²) in [5, 5.41) is 0. The second kappa shape index (κ2) is 2.38. The van der Waals surface area contributed by atoms with E-state index in [1.165, 1.54) is 42.6 Å². The van der Waals surface area contributed by atoms with E-state index < -0.39 is 0 Å². The molecule has 1 saturated heterocycles. The Morgan fingerprint density at radius 3 is 2.85 bits per heavy atom. The first-order valence-electron chi connectivity index (χ1n) is 5.13. The van der Waals surface area contributed by atoms with E-state index in [1.54, 1.807) is 0 Å². The maximum atomic E-state index is 5.43.